The average molecular weight is 504 g/mol. The van der Waals surface area contributed by atoms with Crippen LogP contribution in [0.4, 0.5) is 0 Å². The molecule has 2 aliphatic rings. The third-order valence-corrected chi connectivity index (χ3v) is 7.34. The van der Waals surface area contributed by atoms with Gasteiger partial charge in [0.05, 0.1) is 6.42 Å². The van der Waals surface area contributed by atoms with Crippen molar-refractivity contribution in [3.63, 3.8) is 0 Å². The molecule has 0 radical (unpaired) electrons. The first kappa shape index (κ1) is 24.9. The van der Waals surface area contributed by atoms with Crippen molar-refractivity contribution in [3.8, 4) is 17.2 Å². The Balaban J connectivity index is 1.35. The van der Waals surface area contributed by atoms with Gasteiger partial charge in [-0.05, 0) is 71.5 Å². The maximum atomic E-state index is 12.5. The lowest BCUT2D eigenvalue weighted by atomic mass is 9.85. The summed E-state index contributed by atoms with van der Waals surface area (Å²) < 4.78 is 16.9. The second-order valence-electron chi connectivity index (χ2n) is 10.0. The summed E-state index contributed by atoms with van der Waals surface area (Å²) in [6.07, 6.45) is 6.81. The Kier molecular flexibility index (Phi) is 7.49. The van der Waals surface area contributed by atoms with E-state index in [0.29, 0.717) is 17.2 Å². The Hall–Kier alpha value is -3.74. The van der Waals surface area contributed by atoms with E-state index in [1.165, 1.54) is 12.8 Å². The van der Waals surface area contributed by atoms with E-state index in [1.807, 2.05) is 55.5 Å². The van der Waals surface area contributed by atoms with E-state index in [-0.39, 0.29) is 37.7 Å². The van der Waals surface area contributed by atoms with Crippen molar-refractivity contribution < 1.29 is 28.9 Å². The molecule has 1 saturated carbocycles. The minimum absolute atomic E-state index is 0.0280. The molecule has 7 nitrogen and oxygen atoms in total. The summed E-state index contributed by atoms with van der Waals surface area (Å²) in [6, 6.07) is 15.7. The van der Waals surface area contributed by atoms with E-state index < -0.39 is 5.97 Å². The summed E-state index contributed by atoms with van der Waals surface area (Å²) in [7, 11) is 0. The van der Waals surface area contributed by atoms with Gasteiger partial charge in [-0.3, -0.25) is 9.59 Å². The summed E-state index contributed by atoms with van der Waals surface area (Å²) >= 11 is 0. The van der Waals surface area contributed by atoms with Gasteiger partial charge in [0.2, 0.25) is 6.79 Å². The molecular weight excluding hydrogens is 470 g/mol. The van der Waals surface area contributed by atoms with Gasteiger partial charge in [0.15, 0.2) is 18.1 Å². The number of hydrogen-bond donors (Lipinski definition) is 2. The van der Waals surface area contributed by atoms with Crippen molar-refractivity contribution in [3.05, 3.63) is 65.2 Å². The second kappa shape index (κ2) is 11.1. The number of ether oxygens (including phenoxy) is 3. The number of hydrogen-bond acceptors (Lipinski definition) is 5. The molecule has 1 aliphatic heterocycles. The van der Waals surface area contributed by atoms with Crippen LogP contribution in [0.5, 0.6) is 17.2 Å². The van der Waals surface area contributed by atoms with Crippen LogP contribution in [0.3, 0.4) is 0 Å². The van der Waals surface area contributed by atoms with Gasteiger partial charge in [0.25, 0.3) is 5.91 Å². The summed E-state index contributed by atoms with van der Waals surface area (Å²) in [4.78, 5) is 24.3. The summed E-state index contributed by atoms with van der Waals surface area (Å²) in [5.41, 5.74) is 2.74. The lowest BCUT2D eigenvalue weighted by molar-refractivity contribution is -0.137. The summed E-state index contributed by atoms with van der Waals surface area (Å²) in [5, 5.41) is 14.7. The topological polar surface area (TPSA) is 94.1 Å². The highest BCUT2D eigenvalue weighted by atomic mass is 16.7. The van der Waals surface area contributed by atoms with Crippen LogP contribution in [-0.4, -0.2) is 36.4 Å². The number of rotatable bonds is 8. The quantitative estimate of drug-likeness (QED) is 0.383. The maximum absolute atomic E-state index is 12.5. The van der Waals surface area contributed by atoms with E-state index in [0.717, 1.165) is 53.1 Å². The van der Waals surface area contributed by atoms with Gasteiger partial charge in [-0.15, -0.1) is 0 Å². The number of aliphatic carboxylic acids is 1. The van der Waals surface area contributed by atoms with Gasteiger partial charge in [-0.25, -0.2) is 0 Å². The van der Waals surface area contributed by atoms with Crippen molar-refractivity contribution in [2.75, 3.05) is 13.4 Å². The molecule has 1 heterocycles. The fraction of sp³-hybridized carbons (Fsp3) is 0.400. The number of carbonyl (C=O) groups excluding carboxylic acids is 1. The lowest BCUT2D eigenvalue weighted by Gasteiger charge is -2.20. The Morgan fingerprint density at radius 2 is 1.70 bits per heavy atom. The Morgan fingerprint density at radius 3 is 2.46 bits per heavy atom. The van der Waals surface area contributed by atoms with Crippen LogP contribution in [-0.2, 0) is 9.59 Å². The number of fused-ring (bicyclic) bond motifs is 2. The predicted molar refractivity (Wildman–Crippen MR) is 140 cm³/mol. The molecule has 1 aliphatic carbocycles. The molecule has 1 fully saturated rings. The van der Waals surface area contributed by atoms with E-state index >= 15 is 0 Å². The largest absolute Gasteiger partial charge is 0.484 e. The highest BCUT2D eigenvalue weighted by molar-refractivity contribution is 5.85. The molecular formula is C30H33NO6. The first-order valence-electron chi connectivity index (χ1n) is 13.0. The van der Waals surface area contributed by atoms with Gasteiger partial charge in [-0.2, -0.15) is 0 Å². The normalized spacial score (nSPS) is 16.2. The number of carbonyl (C=O) groups is 2. The molecule has 0 bridgehead atoms. The van der Waals surface area contributed by atoms with E-state index in [4.69, 9.17) is 14.2 Å². The van der Waals surface area contributed by atoms with Gasteiger partial charge < -0.3 is 24.6 Å². The Bertz CT molecular complexity index is 1290. The molecule has 0 saturated heterocycles. The van der Waals surface area contributed by atoms with Crippen LogP contribution in [0.25, 0.3) is 10.8 Å². The molecule has 1 unspecified atom stereocenters. The SMILES string of the molecule is Cc1cc2c(cc1C(CC(=O)O)c1ccc3ccc(OCC(=O)NC4CCCCCC4)cc3c1)OCO2. The van der Waals surface area contributed by atoms with Crippen LogP contribution in [0.15, 0.2) is 48.5 Å². The second-order valence-corrected chi connectivity index (χ2v) is 10.0. The maximum Gasteiger partial charge on any atom is 0.304 e. The van der Waals surface area contributed by atoms with Gasteiger partial charge >= 0.3 is 5.97 Å². The third-order valence-electron chi connectivity index (χ3n) is 7.34. The highest BCUT2D eigenvalue weighted by Gasteiger charge is 2.24. The third kappa shape index (κ3) is 5.98. The monoisotopic (exact) mass is 503 g/mol. The zero-order chi connectivity index (χ0) is 25.8. The van der Waals surface area contributed by atoms with Gasteiger partial charge in [-0.1, -0.05) is 49.9 Å². The number of benzene rings is 3. The molecule has 5 rings (SSSR count). The molecule has 1 amide bonds. The zero-order valence-electron chi connectivity index (χ0n) is 21.1. The van der Waals surface area contributed by atoms with Gasteiger partial charge in [0.1, 0.15) is 5.75 Å². The number of amides is 1. The van der Waals surface area contributed by atoms with Crippen LogP contribution >= 0.6 is 0 Å². The molecule has 3 aromatic carbocycles. The summed E-state index contributed by atoms with van der Waals surface area (Å²) in [5.74, 6) is 0.591. The molecule has 2 N–H and O–H groups in total. The Labute approximate surface area is 216 Å². The number of carboxylic acids is 1. The predicted octanol–water partition coefficient (Wildman–Crippen LogP) is 5.70. The lowest BCUT2D eigenvalue weighted by Crippen LogP contribution is -2.37. The van der Waals surface area contributed by atoms with Crippen molar-refractivity contribution in [1.29, 1.82) is 0 Å². The molecule has 0 aromatic heterocycles. The van der Waals surface area contributed by atoms with E-state index in [1.54, 1.807) is 0 Å². The van der Waals surface area contributed by atoms with E-state index in [9.17, 15) is 14.7 Å². The standard InChI is InChI=1S/C30H33NO6/c1-19-12-27-28(37-18-36-27)15-25(19)26(16-30(33)34)21-9-8-20-10-11-24(14-22(20)13-21)35-17-29(32)31-23-6-4-2-3-5-7-23/h8-15,23,26H,2-7,16-18H2,1H3,(H,31,32)(H,33,34). The molecule has 194 valence electrons. The minimum atomic E-state index is -0.876. The fourth-order valence-electron chi connectivity index (χ4n) is 5.41. The van der Waals surface area contributed by atoms with Gasteiger partial charge in [0, 0.05) is 12.0 Å². The first-order valence-corrected chi connectivity index (χ1v) is 13.0. The molecule has 37 heavy (non-hydrogen) atoms. The van der Waals surface area contributed by atoms with Crippen molar-refractivity contribution in [1.82, 2.24) is 5.32 Å². The molecule has 0 spiro atoms. The van der Waals surface area contributed by atoms with Crippen LogP contribution in [0.2, 0.25) is 0 Å². The first-order chi connectivity index (χ1) is 18.0. The fourth-order valence-corrected chi connectivity index (χ4v) is 5.41. The van der Waals surface area contributed by atoms with Crippen molar-refractivity contribution in [2.24, 2.45) is 0 Å². The molecule has 7 heteroatoms. The smallest absolute Gasteiger partial charge is 0.304 e. The van der Waals surface area contributed by atoms with Crippen LogP contribution < -0.4 is 19.5 Å². The minimum Gasteiger partial charge on any atom is -0.484 e. The summed E-state index contributed by atoms with van der Waals surface area (Å²) in [6.45, 7) is 2.10. The van der Waals surface area contributed by atoms with Crippen LogP contribution in [0, 0.1) is 6.92 Å². The van der Waals surface area contributed by atoms with E-state index in [2.05, 4.69) is 5.32 Å². The zero-order valence-corrected chi connectivity index (χ0v) is 21.1. The highest BCUT2D eigenvalue weighted by Crippen LogP contribution is 2.40. The van der Waals surface area contributed by atoms with Crippen molar-refractivity contribution >= 4 is 22.6 Å². The Morgan fingerprint density at radius 1 is 0.973 bits per heavy atom. The average Bonchev–Trinajstić information content (AvgIpc) is 3.18. The van der Waals surface area contributed by atoms with Crippen LogP contribution in [0.1, 0.15) is 67.6 Å². The molecule has 1 atom stereocenters. The number of aryl methyl sites for hydroxylation is 1. The number of nitrogens with one attached hydrogen (secondary N) is 1. The number of carboxylic acid groups (broad SMARTS) is 1. The molecule has 3 aromatic rings. The van der Waals surface area contributed by atoms with Crippen molar-refractivity contribution in [2.45, 2.75) is 63.8 Å².